The Bertz CT molecular complexity index is 1280. The first-order chi connectivity index (χ1) is 15.9. The molecule has 1 aliphatic rings. The smallest absolute Gasteiger partial charge is 0.255 e. The molecule has 170 valence electrons. The fraction of sp³-hybridized carbons (Fsp3) is 0.231. The van der Waals surface area contributed by atoms with Crippen molar-refractivity contribution >= 4 is 27.4 Å². The number of carbonyl (C=O) groups excluding carboxylic acids is 2. The highest BCUT2D eigenvalue weighted by Crippen LogP contribution is 2.24. The average molecular weight is 463 g/mol. The Labute approximate surface area is 194 Å². The number of aryl methyl sites for hydroxylation is 1. The van der Waals surface area contributed by atoms with Gasteiger partial charge < -0.3 is 5.32 Å². The summed E-state index contributed by atoms with van der Waals surface area (Å²) in [6.45, 7) is 2.77. The van der Waals surface area contributed by atoms with E-state index < -0.39 is 15.9 Å². The molecule has 1 fully saturated rings. The maximum absolute atomic E-state index is 13.0. The summed E-state index contributed by atoms with van der Waals surface area (Å²) >= 11 is 0. The zero-order chi connectivity index (χ0) is 23.4. The number of rotatable bonds is 6. The van der Waals surface area contributed by atoms with Crippen molar-refractivity contribution in [2.75, 3.05) is 18.4 Å². The first-order valence-electron chi connectivity index (χ1n) is 11.0. The van der Waals surface area contributed by atoms with Gasteiger partial charge in [-0.15, -0.1) is 0 Å². The number of hydrogen-bond donors (Lipinski definition) is 1. The summed E-state index contributed by atoms with van der Waals surface area (Å²) in [5.74, 6) is -0.565. The van der Waals surface area contributed by atoms with E-state index in [1.54, 1.807) is 67.6 Å². The molecule has 1 N–H and O–H groups in total. The number of hydrogen-bond acceptors (Lipinski definition) is 4. The summed E-state index contributed by atoms with van der Waals surface area (Å²) in [6.07, 6.45) is 2.71. The van der Waals surface area contributed by atoms with Gasteiger partial charge in [0.05, 0.1) is 4.90 Å². The van der Waals surface area contributed by atoms with Crippen LogP contribution in [0.4, 0.5) is 5.69 Å². The number of nitrogens with one attached hydrogen (secondary N) is 1. The Hall–Kier alpha value is -3.29. The highest BCUT2D eigenvalue weighted by molar-refractivity contribution is 7.89. The molecular formula is C26H26N2O4S. The van der Waals surface area contributed by atoms with Crippen LogP contribution in [0, 0.1) is 6.92 Å². The van der Waals surface area contributed by atoms with E-state index >= 15 is 0 Å². The van der Waals surface area contributed by atoms with Gasteiger partial charge in [-0.3, -0.25) is 9.59 Å². The molecule has 0 unspecified atom stereocenters. The first kappa shape index (κ1) is 22.9. The lowest BCUT2D eigenvalue weighted by atomic mass is 10.0. The van der Waals surface area contributed by atoms with Crippen LogP contribution in [-0.2, 0) is 10.0 Å². The summed E-state index contributed by atoms with van der Waals surface area (Å²) in [5, 5.41) is 2.80. The lowest BCUT2D eigenvalue weighted by Crippen LogP contribution is -2.35. The van der Waals surface area contributed by atoms with Crippen LogP contribution >= 0.6 is 0 Å². The molecule has 0 atom stereocenters. The maximum atomic E-state index is 13.0. The third-order valence-electron chi connectivity index (χ3n) is 5.83. The van der Waals surface area contributed by atoms with Gasteiger partial charge in [-0.2, -0.15) is 4.31 Å². The summed E-state index contributed by atoms with van der Waals surface area (Å²) in [7, 11) is -3.65. The molecular weight excluding hydrogens is 436 g/mol. The molecule has 0 bridgehead atoms. The minimum atomic E-state index is -3.65. The molecule has 0 spiro atoms. The molecule has 1 saturated heterocycles. The van der Waals surface area contributed by atoms with Gasteiger partial charge in [-0.25, -0.2) is 8.42 Å². The number of anilines is 1. The van der Waals surface area contributed by atoms with Gasteiger partial charge in [0.15, 0.2) is 5.78 Å². The van der Waals surface area contributed by atoms with E-state index in [-0.39, 0.29) is 16.2 Å². The fourth-order valence-electron chi connectivity index (χ4n) is 3.95. The SMILES string of the molecule is Cc1ccc(S(=O)(=O)N2CCCCC2)cc1C(=O)Nc1cccc(C(=O)c2ccccc2)c1. The Morgan fingerprint density at radius 2 is 1.52 bits per heavy atom. The third-order valence-corrected chi connectivity index (χ3v) is 7.72. The molecule has 33 heavy (non-hydrogen) atoms. The molecule has 0 saturated carbocycles. The van der Waals surface area contributed by atoms with Crippen molar-refractivity contribution in [3.8, 4) is 0 Å². The first-order valence-corrected chi connectivity index (χ1v) is 12.4. The maximum Gasteiger partial charge on any atom is 0.255 e. The Morgan fingerprint density at radius 1 is 0.818 bits per heavy atom. The van der Waals surface area contributed by atoms with E-state index in [0.717, 1.165) is 19.3 Å². The standard InChI is InChI=1S/C26H26N2O4S/c1-19-13-14-23(33(31,32)28-15-6-3-7-16-28)18-24(19)26(30)27-22-12-8-11-21(17-22)25(29)20-9-4-2-5-10-20/h2,4-5,8-14,17-18H,3,6-7,15-16H2,1H3,(H,27,30). The van der Waals surface area contributed by atoms with Crippen LogP contribution in [0.25, 0.3) is 0 Å². The molecule has 3 aromatic rings. The van der Waals surface area contributed by atoms with Gasteiger partial charge in [-0.1, -0.05) is 55.0 Å². The molecule has 6 nitrogen and oxygen atoms in total. The molecule has 1 aliphatic heterocycles. The van der Waals surface area contributed by atoms with Crippen LogP contribution < -0.4 is 5.32 Å². The quantitative estimate of drug-likeness (QED) is 0.541. The van der Waals surface area contributed by atoms with Gasteiger partial charge in [0, 0.05) is 35.5 Å². The third kappa shape index (κ3) is 5.05. The van der Waals surface area contributed by atoms with Gasteiger partial charge in [0.1, 0.15) is 0 Å². The predicted molar refractivity (Wildman–Crippen MR) is 128 cm³/mol. The number of ketones is 1. The van der Waals surface area contributed by atoms with Crippen LogP contribution in [0.15, 0.2) is 77.7 Å². The van der Waals surface area contributed by atoms with Crippen molar-refractivity contribution < 1.29 is 18.0 Å². The zero-order valence-corrected chi connectivity index (χ0v) is 19.3. The van der Waals surface area contributed by atoms with E-state index in [9.17, 15) is 18.0 Å². The second kappa shape index (κ2) is 9.68. The van der Waals surface area contributed by atoms with Crippen LogP contribution in [-0.4, -0.2) is 37.5 Å². The Kier molecular flexibility index (Phi) is 6.72. The van der Waals surface area contributed by atoms with E-state index in [0.29, 0.717) is 35.5 Å². The molecule has 4 rings (SSSR count). The topological polar surface area (TPSA) is 83.6 Å². The summed E-state index contributed by atoms with van der Waals surface area (Å²) in [4.78, 5) is 25.9. The van der Waals surface area contributed by atoms with Crippen molar-refractivity contribution in [3.05, 3.63) is 95.1 Å². The number of piperidine rings is 1. The second-order valence-corrected chi connectivity index (χ2v) is 10.1. The lowest BCUT2D eigenvalue weighted by Gasteiger charge is -2.26. The number of nitrogens with zero attached hydrogens (tertiary/aromatic N) is 1. The lowest BCUT2D eigenvalue weighted by molar-refractivity contribution is 0.102. The number of sulfonamides is 1. The minimum absolute atomic E-state index is 0.119. The van der Waals surface area contributed by atoms with E-state index in [1.807, 2.05) is 6.07 Å². The van der Waals surface area contributed by atoms with Crippen LogP contribution in [0.1, 0.15) is 51.1 Å². The van der Waals surface area contributed by atoms with Crippen molar-refractivity contribution in [1.82, 2.24) is 4.31 Å². The molecule has 3 aromatic carbocycles. The monoisotopic (exact) mass is 462 g/mol. The second-order valence-electron chi connectivity index (χ2n) is 8.17. The number of amides is 1. The highest BCUT2D eigenvalue weighted by Gasteiger charge is 2.27. The van der Waals surface area contributed by atoms with Crippen molar-refractivity contribution in [3.63, 3.8) is 0 Å². The van der Waals surface area contributed by atoms with Crippen molar-refractivity contribution in [2.45, 2.75) is 31.1 Å². The molecule has 0 aliphatic carbocycles. The fourth-order valence-corrected chi connectivity index (χ4v) is 5.50. The summed E-state index contributed by atoms with van der Waals surface area (Å²) in [5.41, 5.74) is 2.43. The van der Waals surface area contributed by atoms with E-state index in [2.05, 4.69) is 5.32 Å². The normalized spacial score (nSPS) is 14.6. The van der Waals surface area contributed by atoms with E-state index in [1.165, 1.54) is 10.4 Å². The van der Waals surface area contributed by atoms with Crippen molar-refractivity contribution in [1.29, 1.82) is 0 Å². The van der Waals surface area contributed by atoms with E-state index in [4.69, 9.17) is 0 Å². The molecule has 7 heteroatoms. The van der Waals surface area contributed by atoms with Gasteiger partial charge in [0.25, 0.3) is 5.91 Å². The Morgan fingerprint density at radius 3 is 2.24 bits per heavy atom. The zero-order valence-electron chi connectivity index (χ0n) is 18.5. The van der Waals surface area contributed by atoms with Gasteiger partial charge >= 0.3 is 0 Å². The largest absolute Gasteiger partial charge is 0.322 e. The van der Waals surface area contributed by atoms with Crippen LogP contribution in [0.2, 0.25) is 0 Å². The van der Waals surface area contributed by atoms with Crippen molar-refractivity contribution in [2.24, 2.45) is 0 Å². The molecule has 0 radical (unpaired) electrons. The number of carbonyl (C=O) groups is 2. The van der Waals surface area contributed by atoms with Crippen LogP contribution in [0.5, 0.6) is 0 Å². The Balaban J connectivity index is 1.57. The summed E-state index contributed by atoms with van der Waals surface area (Å²) < 4.78 is 27.6. The predicted octanol–water partition coefficient (Wildman–Crippen LogP) is 4.65. The van der Waals surface area contributed by atoms with Gasteiger partial charge in [-0.05, 0) is 49.6 Å². The minimum Gasteiger partial charge on any atom is -0.322 e. The number of benzene rings is 3. The summed E-state index contributed by atoms with van der Waals surface area (Å²) in [6, 6.07) is 20.3. The molecule has 0 aromatic heterocycles. The highest BCUT2D eigenvalue weighted by atomic mass is 32.2. The van der Waals surface area contributed by atoms with Gasteiger partial charge in [0.2, 0.25) is 10.0 Å². The molecule has 1 heterocycles. The molecule has 1 amide bonds. The van der Waals surface area contributed by atoms with Crippen LogP contribution in [0.3, 0.4) is 0 Å². The average Bonchev–Trinajstić information content (AvgIpc) is 2.85.